The standard InChI is InChI=1S/C28H27NO6/c1-16-6-8-19(9-7-16)27-28(26(31)25-18(3)12-17(2)13-23(25)35-27)34-15-24(30)29-20-10-11-21(32-4)22(14-20)33-5/h6-14H,15H2,1-5H3,(H,29,30). The number of carbonyl (C=O) groups excluding carboxylic acids is 1. The third-order valence-corrected chi connectivity index (χ3v) is 5.62. The monoisotopic (exact) mass is 473 g/mol. The maximum absolute atomic E-state index is 13.5. The van der Waals surface area contributed by atoms with Gasteiger partial charge in [-0.05, 0) is 50.1 Å². The number of aryl methyl sites for hydroxylation is 3. The predicted octanol–water partition coefficient (Wildman–Crippen LogP) is 5.42. The molecule has 1 N–H and O–H groups in total. The smallest absolute Gasteiger partial charge is 0.262 e. The van der Waals surface area contributed by atoms with Crippen LogP contribution in [0.5, 0.6) is 17.2 Å². The summed E-state index contributed by atoms with van der Waals surface area (Å²) in [7, 11) is 3.05. The molecule has 7 nitrogen and oxygen atoms in total. The number of amides is 1. The van der Waals surface area contributed by atoms with Crippen molar-refractivity contribution in [3.8, 4) is 28.6 Å². The lowest BCUT2D eigenvalue weighted by Gasteiger charge is -2.14. The van der Waals surface area contributed by atoms with Crippen LogP contribution in [-0.4, -0.2) is 26.7 Å². The molecule has 0 aliphatic rings. The number of methoxy groups -OCH3 is 2. The van der Waals surface area contributed by atoms with Crippen molar-refractivity contribution >= 4 is 22.6 Å². The van der Waals surface area contributed by atoms with Crippen molar-refractivity contribution in [2.24, 2.45) is 0 Å². The van der Waals surface area contributed by atoms with Crippen molar-refractivity contribution in [3.05, 3.63) is 81.5 Å². The molecule has 1 amide bonds. The first-order chi connectivity index (χ1) is 16.8. The van der Waals surface area contributed by atoms with Gasteiger partial charge in [-0.2, -0.15) is 0 Å². The number of ether oxygens (including phenoxy) is 3. The highest BCUT2D eigenvalue weighted by Crippen LogP contribution is 2.33. The van der Waals surface area contributed by atoms with E-state index in [9.17, 15) is 9.59 Å². The summed E-state index contributed by atoms with van der Waals surface area (Å²) in [6, 6.07) is 16.3. The molecule has 0 atom stereocenters. The summed E-state index contributed by atoms with van der Waals surface area (Å²) in [6.45, 7) is 5.39. The second-order valence-electron chi connectivity index (χ2n) is 8.32. The molecule has 35 heavy (non-hydrogen) atoms. The van der Waals surface area contributed by atoms with Crippen molar-refractivity contribution in [1.29, 1.82) is 0 Å². The molecule has 0 saturated heterocycles. The van der Waals surface area contributed by atoms with Gasteiger partial charge >= 0.3 is 0 Å². The normalized spacial score (nSPS) is 10.8. The van der Waals surface area contributed by atoms with Gasteiger partial charge in [0.2, 0.25) is 11.2 Å². The third kappa shape index (κ3) is 4.99. The van der Waals surface area contributed by atoms with Crippen molar-refractivity contribution < 1.29 is 23.4 Å². The fourth-order valence-corrected chi connectivity index (χ4v) is 3.95. The predicted molar refractivity (Wildman–Crippen MR) is 136 cm³/mol. The number of hydrogen-bond acceptors (Lipinski definition) is 6. The summed E-state index contributed by atoms with van der Waals surface area (Å²) in [4.78, 5) is 26.2. The van der Waals surface area contributed by atoms with Crippen LogP contribution in [0.1, 0.15) is 16.7 Å². The Kier molecular flexibility index (Phi) is 6.78. The molecule has 3 aromatic carbocycles. The summed E-state index contributed by atoms with van der Waals surface area (Å²) in [5.41, 5.74) is 4.18. The van der Waals surface area contributed by atoms with Crippen LogP contribution in [0, 0.1) is 20.8 Å². The fourth-order valence-electron chi connectivity index (χ4n) is 3.95. The van der Waals surface area contributed by atoms with Gasteiger partial charge in [-0.15, -0.1) is 0 Å². The van der Waals surface area contributed by atoms with E-state index in [1.807, 2.05) is 57.2 Å². The molecule has 0 bridgehead atoms. The van der Waals surface area contributed by atoms with Gasteiger partial charge in [-0.1, -0.05) is 35.9 Å². The van der Waals surface area contributed by atoms with Crippen LogP contribution in [0.2, 0.25) is 0 Å². The first-order valence-corrected chi connectivity index (χ1v) is 11.1. The quantitative estimate of drug-likeness (QED) is 0.386. The Morgan fingerprint density at radius 2 is 1.60 bits per heavy atom. The molecule has 0 unspecified atom stereocenters. The Bertz CT molecular complexity index is 1450. The summed E-state index contributed by atoms with van der Waals surface area (Å²) in [6.07, 6.45) is 0. The lowest BCUT2D eigenvalue weighted by atomic mass is 10.0. The molecular weight excluding hydrogens is 446 g/mol. The first kappa shape index (κ1) is 23.9. The molecule has 4 aromatic rings. The van der Waals surface area contributed by atoms with E-state index in [-0.39, 0.29) is 23.5 Å². The molecule has 0 radical (unpaired) electrons. The average molecular weight is 474 g/mol. The zero-order valence-electron chi connectivity index (χ0n) is 20.4. The third-order valence-electron chi connectivity index (χ3n) is 5.62. The highest BCUT2D eigenvalue weighted by molar-refractivity contribution is 5.92. The van der Waals surface area contributed by atoms with E-state index in [1.165, 1.54) is 14.2 Å². The molecule has 4 rings (SSSR count). The molecule has 0 aliphatic carbocycles. The van der Waals surface area contributed by atoms with Crippen LogP contribution >= 0.6 is 0 Å². The van der Waals surface area contributed by atoms with Gasteiger partial charge in [0.05, 0.1) is 19.6 Å². The summed E-state index contributed by atoms with van der Waals surface area (Å²) >= 11 is 0. The Morgan fingerprint density at radius 1 is 0.886 bits per heavy atom. The van der Waals surface area contributed by atoms with Gasteiger partial charge in [0, 0.05) is 17.3 Å². The van der Waals surface area contributed by atoms with E-state index in [0.29, 0.717) is 33.7 Å². The van der Waals surface area contributed by atoms with Crippen LogP contribution in [-0.2, 0) is 4.79 Å². The number of hydrogen-bond donors (Lipinski definition) is 1. The minimum absolute atomic E-state index is 0.00392. The van der Waals surface area contributed by atoms with Crippen LogP contribution in [0.25, 0.3) is 22.3 Å². The molecular formula is C28H27NO6. The molecule has 7 heteroatoms. The number of carbonyl (C=O) groups is 1. The van der Waals surface area contributed by atoms with Gasteiger partial charge < -0.3 is 23.9 Å². The van der Waals surface area contributed by atoms with E-state index in [4.69, 9.17) is 18.6 Å². The molecule has 1 aromatic heterocycles. The van der Waals surface area contributed by atoms with Crippen LogP contribution in [0.3, 0.4) is 0 Å². The number of fused-ring (bicyclic) bond motifs is 1. The van der Waals surface area contributed by atoms with Crippen molar-refractivity contribution in [2.45, 2.75) is 20.8 Å². The van der Waals surface area contributed by atoms with Gasteiger partial charge in [0.25, 0.3) is 5.91 Å². The van der Waals surface area contributed by atoms with E-state index in [2.05, 4.69) is 5.32 Å². The fraction of sp³-hybridized carbons (Fsp3) is 0.214. The molecule has 180 valence electrons. The number of rotatable bonds is 7. The maximum atomic E-state index is 13.5. The van der Waals surface area contributed by atoms with Crippen molar-refractivity contribution in [3.63, 3.8) is 0 Å². The average Bonchev–Trinajstić information content (AvgIpc) is 2.83. The van der Waals surface area contributed by atoms with Gasteiger partial charge in [0.1, 0.15) is 5.58 Å². The summed E-state index contributed by atoms with van der Waals surface area (Å²) < 4.78 is 22.5. The largest absolute Gasteiger partial charge is 0.493 e. The Morgan fingerprint density at radius 3 is 2.29 bits per heavy atom. The minimum Gasteiger partial charge on any atom is -0.493 e. The van der Waals surface area contributed by atoms with Crippen molar-refractivity contribution in [1.82, 2.24) is 0 Å². The molecule has 0 fully saturated rings. The van der Waals surface area contributed by atoms with E-state index in [0.717, 1.165) is 16.7 Å². The van der Waals surface area contributed by atoms with Crippen LogP contribution < -0.4 is 25.0 Å². The second-order valence-corrected chi connectivity index (χ2v) is 8.32. The Balaban J connectivity index is 1.68. The molecule has 0 spiro atoms. The number of benzene rings is 3. The van der Waals surface area contributed by atoms with E-state index < -0.39 is 5.91 Å². The molecule has 0 aliphatic heterocycles. The van der Waals surface area contributed by atoms with Crippen LogP contribution in [0.4, 0.5) is 5.69 Å². The van der Waals surface area contributed by atoms with E-state index >= 15 is 0 Å². The van der Waals surface area contributed by atoms with Gasteiger partial charge in [0.15, 0.2) is 23.9 Å². The topological polar surface area (TPSA) is 87.0 Å². The van der Waals surface area contributed by atoms with Gasteiger partial charge in [-0.25, -0.2) is 0 Å². The lowest BCUT2D eigenvalue weighted by Crippen LogP contribution is -2.23. The van der Waals surface area contributed by atoms with Crippen molar-refractivity contribution in [2.75, 3.05) is 26.1 Å². The lowest BCUT2D eigenvalue weighted by molar-refractivity contribution is -0.118. The maximum Gasteiger partial charge on any atom is 0.262 e. The van der Waals surface area contributed by atoms with E-state index in [1.54, 1.807) is 18.2 Å². The zero-order valence-corrected chi connectivity index (χ0v) is 20.4. The minimum atomic E-state index is -0.438. The summed E-state index contributed by atoms with van der Waals surface area (Å²) in [5, 5.41) is 3.18. The SMILES string of the molecule is COc1ccc(NC(=O)COc2c(-c3ccc(C)cc3)oc3cc(C)cc(C)c3c2=O)cc1OC. The zero-order chi connectivity index (χ0) is 25.1. The molecule has 1 heterocycles. The highest BCUT2D eigenvalue weighted by atomic mass is 16.5. The number of nitrogens with one attached hydrogen (secondary N) is 1. The second kappa shape index (κ2) is 9.93. The Hall–Kier alpha value is -4.26. The molecule has 0 saturated carbocycles. The number of anilines is 1. The first-order valence-electron chi connectivity index (χ1n) is 11.1. The summed E-state index contributed by atoms with van der Waals surface area (Å²) in [5.74, 6) is 0.868. The Labute approximate surface area is 203 Å². The van der Waals surface area contributed by atoms with Gasteiger partial charge in [-0.3, -0.25) is 9.59 Å². The van der Waals surface area contributed by atoms with Crippen LogP contribution in [0.15, 0.2) is 63.8 Å². The highest BCUT2D eigenvalue weighted by Gasteiger charge is 2.20.